The predicted octanol–water partition coefficient (Wildman–Crippen LogP) is -2.18. The Balaban J connectivity index is -0.0000000286. The molecular formula is C2H9NaO3S2. The summed E-state index contributed by atoms with van der Waals surface area (Å²) in [4.78, 5) is 0. The smallest absolute Gasteiger partial charge is 1.00 e. The molecule has 0 rings (SSSR count). The fourth-order valence-corrected chi connectivity index (χ4v) is 0. The minimum atomic E-state index is -3.83. The Morgan fingerprint density at radius 1 is 1.50 bits per heavy atom. The van der Waals surface area contributed by atoms with Crippen LogP contribution >= 0.6 is 0 Å². The van der Waals surface area contributed by atoms with E-state index in [1.165, 1.54) is 0 Å². The van der Waals surface area contributed by atoms with Crippen LogP contribution in [0, 0.1) is 0 Å². The number of hydrogen-bond donors (Lipinski definition) is 2. The van der Waals surface area contributed by atoms with Gasteiger partial charge in [-0.3, -0.25) is 9.11 Å². The molecule has 0 atom stereocenters. The predicted molar refractivity (Wildman–Crippen MR) is 33.2 cm³/mol. The number of rotatable bonds is 0. The Morgan fingerprint density at radius 3 is 1.50 bits per heavy atom. The van der Waals surface area contributed by atoms with Gasteiger partial charge in [-0.2, -0.15) is 4.21 Å². The molecule has 0 fully saturated rings. The fourth-order valence-electron chi connectivity index (χ4n) is 0. The first-order valence-electron chi connectivity index (χ1n) is 1.70. The van der Waals surface area contributed by atoms with Crippen molar-refractivity contribution in [3.63, 3.8) is 0 Å². The Labute approximate surface area is 78.0 Å². The Bertz CT molecular complexity index is 103. The van der Waals surface area contributed by atoms with Crippen molar-refractivity contribution in [1.29, 1.82) is 0 Å². The van der Waals surface area contributed by atoms with Gasteiger partial charge in [-0.15, -0.1) is 0 Å². The van der Waals surface area contributed by atoms with Gasteiger partial charge in [-0.25, -0.2) is 0 Å². The van der Waals surface area contributed by atoms with E-state index in [0.29, 0.717) is 0 Å². The Hall–Kier alpha value is 1.29. The molecule has 48 valence electrons. The second-order valence-electron chi connectivity index (χ2n) is 0.448. The van der Waals surface area contributed by atoms with Crippen molar-refractivity contribution < 1.29 is 44.3 Å². The van der Waals surface area contributed by atoms with Crippen LogP contribution in [-0.4, -0.2) is 13.3 Å². The zero-order valence-corrected chi connectivity index (χ0v) is 8.75. The second-order valence-corrected chi connectivity index (χ2v) is 2.65. The molecule has 0 spiro atoms. The molecule has 0 aromatic carbocycles. The van der Waals surface area contributed by atoms with Gasteiger partial charge in [0.1, 0.15) is 0 Å². The Kier molecular flexibility index (Phi) is 16.7. The second kappa shape index (κ2) is 8.29. The van der Waals surface area contributed by atoms with E-state index in [1.54, 1.807) is 0 Å². The maximum atomic E-state index is 9.11. The molecule has 0 bridgehead atoms. The van der Waals surface area contributed by atoms with Crippen LogP contribution in [0.5, 0.6) is 0 Å². The van der Waals surface area contributed by atoms with Crippen LogP contribution < -0.4 is 29.6 Å². The molecular weight excluding hydrogens is 159 g/mol. The van der Waals surface area contributed by atoms with Crippen LogP contribution in [0.3, 0.4) is 0 Å². The van der Waals surface area contributed by atoms with Gasteiger partial charge in [-0.1, -0.05) is 13.8 Å². The van der Waals surface area contributed by atoms with E-state index in [4.69, 9.17) is 13.3 Å². The van der Waals surface area contributed by atoms with Crippen LogP contribution in [0.15, 0.2) is 0 Å². The van der Waals surface area contributed by atoms with E-state index in [2.05, 4.69) is 11.2 Å². The van der Waals surface area contributed by atoms with Crippen LogP contribution in [0.25, 0.3) is 0 Å². The van der Waals surface area contributed by atoms with Gasteiger partial charge in [0.15, 0.2) is 0 Å². The van der Waals surface area contributed by atoms with Gasteiger partial charge in [0.05, 0.1) is 0 Å². The maximum Gasteiger partial charge on any atom is 1.00 e. The van der Waals surface area contributed by atoms with Crippen molar-refractivity contribution in [3.05, 3.63) is 0 Å². The minimum Gasteiger partial charge on any atom is -1.00 e. The standard InChI is InChI=1S/C2H6.Na.H2O3S2.H/c1-2;;1-5(2,3)4;/h1-2H3;;(H2,1,2,3,4);/q;+1;;-1. The summed E-state index contributed by atoms with van der Waals surface area (Å²) in [6.45, 7) is 4.00. The van der Waals surface area contributed by atoms with Gasteiger partial charge < -0.3 is 1.43 Å². The van der Waals surface area contributed by atoms with Gasteiger partial charge in [-0.05, 0) is 0 Å². The van der Waals surface area contributed by atoms with E-state index in [0.717, 1.165) is 0 Å². The van der Waals surface area contributed by atoms with Crippen molar-refractivity contribution in [3.8, 4) is 0 Å². The third kappa shape index (κ3) is 173. The third-order valence-electron chi connectivity index (χ3n) is 0. The van der Waals surface area contributed by atoms with E-state index < -0.39 is 9.05 Å². The zero-order chi connectivity index (χ0) is 6.50. The number of hydrogen-bond acceptors (Lipinski definition) is 2. The summed E-state index contributed by atoms with van der Waals surface area (Å²) in [5.74, 6) is 0. The van der Waals surface area contributed by atoms with Crippen LogP contribution in [0.1, 0.15) is 15.3 Å². The van der Waals surface area contributed by atoms with Gasteiger partial charge in [0, 0.05) is 11.2 Å². The van der Waals surface area contributed by atoms with Gasteiger partial charge in [0.25, 0.3) is 9.05 Å². The van der Waals surface area contributed by atoms with E-state index in [1.807, 2.05) is 13.8 Å². The molecule has 0 saturated carbocycles. The SMILES string of the molecule is CC.O=S(O)(O)=S.[H-].[Na+]. The largest absolute Gasteiger partial charge is 1.00 e. The monoisotopic (exact) mass is 168 g/mol. The van der Waals surface area contributed by atoms with E-state index in [9.17, 15) is 0 Å². The molecule has 8 heavy (non-hydrogen) atoms. The summed E-state index contributed by atoms with van der Waals surface area (Å²) in [5, 5.41) is 0. The fraction of sp³-hybridized carbons (Fsp3) is 1.00. The minimum absolute atomic E-state index is 0. The van der Waals surface area contributed by atoms with Crippen molar-refractivity contribution in [2.45, 2.75) is 13.8 Å². The molecule has 0 saturated heterocycles. The molecule has 3 nitrogen and oxygen atoms in total. The van der Waals surface area contributed by atoms with E-state index >= 15 is 0 Å². The summed E-state index contributed by atoms with van der Waals surface area (Å²) in [7, 11) is -3.83. The molecule has 0 aromatic rings. The van der Waals surface area contributed by atoms with Crippen molar-refractivity contribution >= 4 is 20.2 Å². The molecule has 0 radical (unpaired) electrons. The first-order valence-corrected chi connectivity index (χ1v) is 4.10. The quantitative estimate of drug-likeness (QED) is 0.404. The molecule has 0 aliphatic rings. The zero-order valence-electron chi connectivity index (χ0n) is 6.12. The van der Waals surface area contributed by atoms with Crippen molar-refractivity contribution in [2.75, 3.05) is 0 Å². The van der Waals surface area contributed by atoms with Crippen LogP contribution in [-0.2, 0) is 20.2 Å². The maximum absolute atomic E-state index is 9.11. The molecule has 0 aromatic heterocycles. The molecule has 0 unspecified atom stereocenters. The molecule has 0 aliphatic carbocycles. The topological polar surface area (TPSA) is 57.5 Å². The van der Waals surface area contributed by atoms with Gasteiger partial charge >= 0.3 is 29.6 Å². The average Bonchev–Trinajstić information content (AvgIpc) is 1.36. The molecule has 6 heteroatoms. The first-order chi connectivity index (χ1) is 3.00. The third-order valence-corrected chi connectivity index (χ3v) is 0. The molecule has 0 heterocycles. The summed E-state index contributed by atoms with van der Waals surface area (Å²) in [6, 6.07) is 0. The average molecular weight is 168 g/mol. The Morgan fingerprint density at radius 2 is 1.50 bits per heavy atom. The summed E-state index contributed by atoms with van der Waals surface area (Å²) in [6.07, 6.45) is 0. The summed E-state index contributed by atoms with van der Waals surface area (Å²) in [5.41, 5.74) is 0. The summed E-state index contributed by atoms with van der Waals surface area (Å²) >= 11 is 3.47. The molecule has 2 N–H and O–H groups in total. The molecule has 0 aliphatic heterocycles. The van der Waals surface area contributed by atoms with Crippen molar-refractivity contribution in [1.82, 2.24) is 0 Å². The van der Waals surface area contributed by atoms with Crippen LogP contribution in [0.2, 0.25) is 0 Å². The van der Waals surface area contributed by atoms with Crippen LogP contribution in [0.4, 0.5) is 0 Å². The normalized spacial score (nSPS) is 8.00. The van der Waals surface area contributed by atoms with Gasteiger partial charge in [0.2, 0.25) is 0 Å². The van der Waals surface area contributed by atoms with Crippen molar-refractivity contribution in [2.24, 2.45) is 0 Å². The first kappa shape index (κ1) is 16.1. The summed E-state index contributed by atoms with van der Waals surface area (Å²) < 4.78 is 24.0. The molecule has 0 amide bonds. The van der Waals surface area contributed by atoms with E-state index in [-0.39, 0.29) is 31.0 Å².